The lowest BCUT2D eigenvalue weighted by Crippen LogP contribution is -2.31. The van der Waals surface area contributed by atoms with Crippen LogP contribution in [0.5, 0.6) is 0 Å². The topological polar surface area (TPSA) is 41.1 Å². The van der Waals surface area contributed by atoms with Crippen molar-refractivity contribution in [3.8, 4) is 0 Å². The van der Waals surface area contributed by atoms with Gasteiger partial charge in [0.1, 0.15) is 6.04 Å². The Bertz CT molecular complexity index is 601. The molecule has 3 nitrogen and oxygen atoms in total. The highest BCUT2D eigenvalue weighted by Crippen LogP contribution is 2.17. The number of benzene rings is 2. The lowest BCUT2D eigenvalue weighted by atomic mass is 10.2. The number of hydrogen-bond acceptors (Lipinski definition) is 2. The molecule has 0 aliphatic heterocycles. The van der Waals surface area contributed by atoms with Gasteiger partial charge in [-0.3, -0.25) is 4.79 Å². The summed E-state index contributed by atoms with van der Waals surface area (Å²) in [6, 6.07) is 14.4. The normalized spacial score (nSPS) is 11.8. The van der Waals surface area contributed by atoms with Crippen molar-refractivity contribution in [1.82, 2.24) is 0 Å². The predicted octanol–water partition coefficient (Wildman–Crippen LogP) is 4.54. The zero-order valence-electron chi connectivity index (χ0n) is 10.9. The molecule has 104 valence electrons. The second kappa shape index (κ2) is 6.77. The Kier molecular flexibility index (Phi) is 5.04. The highest BCUT2D eigenvalue weighted by Gasteiger charge is 2.12. The van der Waals surface area contributed by atoms with Crippen molar-refractivity contribution in [3.63, 3.8) is 0 Å². The minimum Gasteiger partial charge on any atom is -0.374 e. The van der Waals surface area contributed by atoms with E-state index in [1.165, 1.54) is 0 Å². The summed E-state index contributed by atoms with van der Waals surface area (Å²) in [5.41, 5.74) is 1.58. The van der Waals surface area contributed by atoms with Crippen LogP contribution >= 0.6 is 27.5 Å². The van der Waals surface area contributed by atoms with Crippen molar-refractivity contribution in [3.05, 3.63) is 58.0 Å². The molecule has 1 atom stereocenters. The van der Waals surface area contributed by atoms with Crippen LogP contribution in [0, 0.1) is 0 Å². The molecule has 0 saturated carbocycles. The molecule has 0 spiro atoms. The summed E-state index contributed by atoms with van der Waals surface area (Å²) in [6.07, 6.45) is 0. The van der Waals surface area contributed by atoms with Crippen molar-refractivity contribution in [1.29, 1.82) is 0 Å². The first-order valence-corrected chi connectivity index (χ1v) is 7.30. The van der Waals surface area contributed by atoms with E-state index in [0.717, 1.165) is 10.2 Å². The molecule has 0 heterocycles. The van der Waals surface area contributed by atoms with Crippen LogP contribution in [0.2, 0.25) is 5.02 Å². The van der Waals surface area contributed by atoms with E-state index in [1.54, 1.807) is 24.3 Å². The molecule has 0 radical (unpaired) electrons. The molecule has 20 heavy (non-hydrogen) atoms. The fourth-order valence-electron chi connectivity index (χ4n) is 1.68. The molecule has 0 saturated heterocycles. The molecule has 2 N–H and O–H groups in total. The van der Waals surface area contributed by atoms with E-state index in [1.807, 2.05) is 31.2 Å². The lowest BCUT2D eigenvalue weighted by Gasteiger charge is -2.15. The number of nitrogens with one attached hydrogen (secondary N) is 2. The largest absolute Gasteiger partial charge is 0.374 e. The smallest absolute Gasteiger partial charge is 0.246 e. The van der Waals surface area contributed by atoms with E-state index in [2.05, 4.69) is 26.6 Å². The van der Waals surface area contributed by atoms with Crippen LogP contribution in [0.25, 0.3) is 0 Å². The minimum absolute atomic E-state index is 0.116. The van der Waals surface area contributed by atoms with E-state index >= 15 is 0 Å². The third-order valence-electron chi connectivity index (χ3n) is 2.71. The Morgan fingerprint density at radius 1 is 1.15 bits per heavy atom. The monoisotopic (exact) mass is 352 g/mol. The van der Waals surface area contributed by atoms with Crippen LogP contribution in [0.15, 0.2) is 53.0 Å². The van der Waals surface area contributed by atoms with Gasteiger partial charge in [-0.1, -0.05) is 33.6 Å². The quantitative estimate of drug-likeness (QED) is 0.847. The second-order valence-electron chi connectivity index (χ2n) is 4.37. The van der Waals surface area contributed by atoms with E-state index in [4.69, 9.17) is 11.6 Å². The summed E-state index contributed by atoms with van der Waals surface area (Å²) in [4.78, 5) is 12.1. The molecule has 2 aromatic carbocycles. The summed E-state index contributed by atoms with van der Waals surface area (Å²) >= 11 is 9.25. The van der Waals surface area contributed by atoms with Crippen molar-refractivity contribution in [2.75, 3.05) is 10.6 Å². The maximum atomic E-state index is 12.1. The lowest BCUT2D eigenvalue weighted by molar-refractivity contribution is -0.116. The van der Waals surface area contributed by atoms with Gasteiger partial charge in [0, 0.05) is 20.9 Å². The fourth-order valence-corrected chi connectivity index (χ4v) is 2.13. The van der Waals surface area contributed by atoms with Crippen LogP contribution in [0.4, 0.5) is 11.4 Å². The van der Waals surface area contributed by atoms with Crippen LogP contribution in [-0.4, -0.2) is 11.9 Å². The van der Waals surface area contributed by atoms with Gasteiger partial charge < -0.3 is 10.6 Å². The summed E-state index contributed by atoms with van der Waals surface area (Å²) in [7, 11) is 0. The van der Waals surface area contributed by atoms with Crippen LogP contribution in [-0.2, 0) is 4.79 Å². The Morgan fingerprint density at radius 3 is 2.50 bits per heavy atom. The van der Waals surface area contributed by atoms with Gasteiger partial charge in [0.15, 0.2) is 0 Å². The van der Waals surface area contributed by atoms with E-state index in [-0.39, 0.29) is 11.9 Å². The number of anilines is 2. The number of hydrogen-bond donors (Lipinski definition) is 2. The molecular formula is C15H14BrClN2O. The van der Waals surface area contributed by atoms with Crippen molar-refractivity contribution in [2.24, 2.45) is 0 Å². The zero-order valence-corrected chi connectivity index (χ0v) is 13.2. The number of carbonyl (C=O) groups excluding carboxylic acids is 1. The molecule has 0 aliphatic carbocycles. The van der Waals surface area contributed by atoms with Gasteiger partial charge in [-0.15, -0.1) is 0 Å². The van der Waals surface area contributed by atoms with Crippen LogP contribution < -0.4 is 10.6 Å². The maximum absolute atomic E-state index is 12.1. The Hall–Kier alpha value is -1.52. The van der Waals surface area contributed by atoms with E-state index < -0.39 is 0 Å². The maximum Gasteiger partial charge on any atom is 0.246 e. The Labute approximate surface area is 131 Å². The van der Waals surface area contributed by atoms with Crippen LogP contribution in [0.3, 0.4) is 0 Å². The Morgan fingerprint density at radius 2 is 1.85 bits per heavy atom. The van der Waals surface area contributed by atoms with E-state index in [9.17, 15) is 4.79 Å². The fraction of sp³-hybridized carbons (Fsp3) is 0.133. The number of rotatable bonds is 4. The second-order valence-corrected chi connectivity index (χ2v) is 5.72. The van der Waals surface area contributed by atoms with Gasteiger partial charge in [0.25, 0.3) is 0 Å². The van der Waals surface area contributed by atoms with E-state index in [0.29, 0.717) is 10.7 Å². The number of amides is 1. The van der Waals surface area contributed by atoms with Crippen molar-refractivity contribution < 1.29 is 4.79 Å². The van der Waals surface area contributed by atoms with Gasteiger partial charge in [-0.2, -0.15) is 0 Å². The summed E-state index contributed by atoms with van der Waals surface area (Å²) in [5, 5.41) is 6.55. The van der Waals surface area contributed by atoms with Gasteiger partial charge in [-0.25, -0.2) is 0 Å². The van der Waals surface area contributed by atoms with Gasteiger partial charge in [0.05, 0.1) is 0 Å². The Balaban J connectivity index is 1.96. The number of halogens is 2. The summed E-state index contributed by atoms with van der Waals surface area (Å²) < 4.78 is 0.999. The first-order chi connectivity index (χ1) is 9.54. The molecule has 0 fully saturated rings. The highest BCUT2D eigenvalue weighted by atomic mass is 79.9. The van der Waals surface area contributed by atoms with Gasteiger partial charge in [-0.05, 0) is 49.4 Å². The third-order valence-corrected chi connectivity index (χ3v) is 3.48. The average molecular weight is 354 g/mol. The van der Waals surface area contributed by atoms with Crippen LogP contribution in [0.1, 0.15) is 6.92 Å². The first kappa shape index (κ1) is 14.9. The molecule has 1 amide bonds. The number of carbonyl (C=O) groups is 1. The van der Waals surface area contributed by atoms with Crippen molar-refractivity contribution in [2.45, 2.75) is 13.0 Å². The standard InChI is InChI=1S/C15H14BrClN2O/c1-10(18-13-7-5-11(16)6-8-13)15(20)19-14-4-2-3-12(17)9-14/h2-10,18H,1H3,(H,19,20)/t10-/m0/s1. The SMILES string of the molecule is C[C@H](Nc1ccc(Br)cc1)C(=O)Nc1cccc(Cl)c1. The van der Waals surface area contributed by atoms with Crippen molar-refractivity contribution >= 4 is 44.8 Å². The minimum atomic E-state index is -0.352. The molecule has 5 heteroatoms. The molecule has 0 unspecified atom stereocenters. The average Bonchev–Trinajstić information content (AvgIpc) is 2.41. The molecule has 0 aromatic heterocycles. The highest BCUT2D eigenvalue weighted by molar-refractivity contribution is 9.10. The molecule has 2 aromatic rings. The third kappa shape index (κ3) is 4.25. The molecule has 0 aliphatic rings. The summed E-state index contributed by atoms with van der Waals surface area (Å²) in [5.74, 6) is -0.116. The molecule has 0 bridgehead atoms. The first-order valence-electron chi connectivity index (χ1n) is 6.13. The van der Waals surface area contributed by atoms with Gasteiger partial charge >= 0.3 is 0 Å². The van der Waals surface area contributed by atoms with Gasteiger partial charge in [0.2, 0.25) is 5.91 Å². The zero-order chi connectivity index (χ0) is 14.5. The molecule has 2 rings (SSSR count). The predicted molar refractivity (Wildman–Crippen MR) is 87.3 cm³/mol. The molecular weight excluding hydrogens is 340 g/mol. The summed E-state index contributed by atoms with van der Waals surface area (Å²) in [6.45, 7) is 1.81.